The molecular formula is C14H21NO. The highest BCUT2D eigenvalue weighted by atomic mass is 16.2. The fraction of sp³-hybridized carbons (Fsp3) is 0.357. The van der Waals surface area contributed by atoms with Crippen molar-refractivity contribution in [3.05, 3.63) is 50.6 Å². The molecule has 0 aromatic carbocycles. The minimum absolute atomic E-state index is 0.0916. The monoisotopic (exact) mass is 219 g/mol. The Morgan fingerprint density at radius 3 is 1.94 bits per heavy atom. The van der Waals surface area contributed by atoms with Gasteiger partial charge >= 0.3 is 0 Å². The van der Waals surface area contributed by atoms with Gasteiger partial charge in [-0.15, -0.1) is 19.7 Å². The zero-order chi connectivity index (χ0) is 12.6. The standard InChI is InChI=1S/C14H21NO/c1-6-10-14(5,11-7-2)15(12-8-3)13(16)9-4/h6-9H,1-4,10-12H2,5H3. The van der Waals surface area contributed by atoms with E-state index in [4.69, 9.17) is 0 Å². The Bertz CT molecular complexity index is 281. The summed E-state index contributed by atoms with van der Waals surface area (Å²) in [5.74, 6) is -0.0916. The average Bonchev–Trinajstić information content (AvgIpc) is 2.25. The van der Waals surface area contributed by atoms with Crippen LogP contribution in [0.1, 0.15) is 19.8 Å². The van der Waals surface area contributed by atoms with Gasteiger partial charge in [0.05, 0.1) is 0 Å². The molecule has 2 heteroatoms. The molecular weight excluding hydrogens is 198 g/mol. The van der Waals surface area contributed by atoms with Gasteiger partial charge in [0.2, 0.25) is 5.91 Å². The molecule has 0 bridgehead atoms. The zero-order valence-corrected chi connectivity index (χ0v) is 10.1. The summed E-state index contributed by atoms with van der Waals surface area (Å²) >= 11 is 0. The van der Waals surface area contributed by atoms with Crippen LogP contribution >= 0.6 is 0 Å². The first-order valence-electron chi connectivity index (χ1n) is 5.32. The Hall–Kier alpha value is -1.57. The van der Waals surface area contributed by atoms with Crippen LogP contribution in [0.5, 0.6) is 0 Å². The SMILES string of the molecule is C=CCN(C(=O)C=C)C(C)(CC=C)CC=C. The van der Waals surface area contributed by atoms with E-state index in [9.17, 15) is 4.79 Å². The van der Waals surface area contributed by atoms with Crippen molar-refractivity contribution in [2.75, 3.05) is 6.54 Å². The highest BCUT2D eigenvalue weighted by Crippen LogP contribution is 2.25. The van der Waals surface area contributed by atoms with E-state index in [1.165, 1.54) is 6.08 Å². The van der Waals surface area contributed by atoms with Crippen molar-refractivity contribution in [1.82, 2.24) is 4.90 Å². The number of rotatable bonds is 8. The smallest absolute Gasteiger partial charge is 0.246 e. The number of carbonyl (C=O) groups is 1. The summed E-state index contributed by atoms with van der Waals surface area (Å²) in [5, 5.41) is 0. The first-order valence-corrected chi connectivity index (χ1v) is 5.32. The number of nitrogens with zero attached hydrogens (tertiary/aromatic N) is 1. The van der Waals surface area contributed by atoms with Crippen molar-refractivity contribution in [2.45, 2.75) is 25.3 Å². The molecule has 88 valence electrons. The van der Waals surface area contributed by atoms with Gasteiger partial charge in [0.1, 0.15) is 0 Å². The van der Waals surface area contributed by atoms with Gasteiger partial charge in [0.15, 0.2) is 0 Å². The summed E-state index contributed by atoms with van der Waals surface area (Å²) in [5.41, 5.74) is -0.303. The van der Waals surface area contributed by atoms with E-state index in [2.05, 4.69) is 26.3 Å². The van der Waals surface area contributed by atoms with Crippen molar-refractivity contribution in [3.63, 3.8) is 0 Å². The number of hydrogen-bond acceptors (Lipinski definition) is 1. The van der Waals surface area contributed by atoms with Crippen molar-refractivity contribution < 1.29 is 4.79 Å². The lowest BCUT2D eigenvalue weighted by molar-refractivity contribution is -0.130. The molecule has 0 aliphatic carbocycles. The van der Waals surface area contributed by atoms with Gasteiger partial charge in [-0.2, -0.15) is 0 Å². The maximum absolute atomic E-state index is 11.8. The predicted molar refractivity (Wildman–Crippen MR) is 70.1 cm³/mol. The van der Waals surface area contributed by atoms with E-state index in [0.29, 0.717) is 19.4 Å². The Morgan fingerprint density at radius 2 is 1.62 bits per heavy atom. The second-order valence-corrected chi connectivity index (χ2v) is 3.92. The normalized spacial score (nSPS) is 10.3. The van der Waals surface area contributed by atoms with E-state index >= 15 is 0 Å². The molecule has 0 atom stereocenters. The van der Waals surface area contributed by atoms with Crippen molar-refractivity contribution in [3.8, 4) is 0 Å². The molecule has 2 nitrogen and oxygen atoms in total. The van der Waals surface area contributed by atoms with Crippen LogP contribution in [0.15, 0.2) is 50.6 Å². The third-order valence-electron chi connectivity index (χ3n) is 2.57. The van der Waals surface area contributed by atoms with E-state index in [-0.39, 0.29) is 11.4 Å². The molecule has 0 aromatic heterocycles. The van der Waals surface area contributed by atoms with Gasteiger partial charge in [-0.3, -0.25) is 4.79 Å². The van der Waals surface area contributed by atoms with Crippen LogP contribution < -0.4 is 0 Å². The molecule has 0 spiro atoms. The van der Waals surface area contributed by atoms with Gasteiger partial charge in [0.25, 0.3) is 0 Å². The lowest BCUT2D eigenvalue weighted by Gasteiger charge is -2.39. The quantitative estimate of drug-likeness (QED) is 0.454. The minimum Gasteiger partial charge on any atom is -0.329 e. The molecule has 0 saturated heterocycles. The number of carbonyl (C=O) groups excluding carboxylic acids is 1. The average molecular weight is 219 g/mol. The molecule has 0 aromatic rings. The van der Waals surface area contributed by atoms with E-state index < -0.39 is 0 Å². The van der Waals surface area contributed by atoms with Crippen LogP contribution in [0.4, 0.5) is 0 Å². The lowest BCUT2D eigenvalue weighted by atomic mass is 9.91. The summed E-state index contributed by atoms with van der Waals surface area (Å²) in [7, 11) is 0. The summed E-state index contributed by atoms with van der Waals surface area (Å²) in [4.78, 5) is 13.5. The first kappa shape index (κ1) is 14.4. The number of amides is 1. The third-order valence-corrected chi connectivity index (χ3v) is 2.57. The summed E-state index contributed by atoms with van der Waals surface area (Å²) in [6, 6.07) is 0. The van der Waals surface area contributed by atoms with Gasteiger partial charge in [0, 0.05) is 12.1 Å². The van der Waals surface area contributed by atoms with Crippen LogP contribution in [-0.2, 0) is 4.79 Å². The van der Waals surface area contributed by atoms with Crippen molar-refractivity contribution in [2.24, 2.45) is 0 Å². The van der Waals surface area contributed by atoms with Gasteiger partial charge < -0.3 is 4.90 Å². The molecule has 0 saturated carbocycles. The maximum Gasteiger partial charge on any atom is 0.246 e. The Balaban J connectivity index is 5.12. The maximum atomic E-state index is 11.8. The number of hydrogen-bond donors (Lipinski definition) is 0. The van der Waals surface area contributed by atoms with Gasteiger partial charge in [-0.1, -0.05) is 24.8 Å². The molecule has 0 fully saturated rings. The predicted octanol–water partition coefficient (Wildman–Crippen LogP) is 3.10. The van der Waals surface area contributed by atoms with E-state index in [1.807, 2.05) is 19.1 Å². The first-order chi connectivity index (χ1) is 7.55. The largest absolute Gasteiger partial charge is 0.329 e. The van der Waals surface area contributed by atoms with Gasteiger partial charge in [-0.05, 0) is 25.8 Å². The summed E-state index contributed by atoms with van der Waals surface area (Å²) in [6.07, 6.45) is 8.10. The topological polar surface area (TPSA) is 20.3 Å². The molecule has 16 heavy (non-hydrogen) atoms. The Morgan fingerprint density at radius 1 is 1.12 bits per heavy atom. The second kappa shape index (κ2) is 6.83. The minimum atomic E-state index is -0.303. The second-order valence-electron chi connectivity index (χ2n) is 3.92. The fourth-order valence-corrected chi connectivity index (χ4v) is 1.74. The van der Waals surface area contributed by atoms with Crippen LogP contribution in [0, 0.1) is 0 Å². The molecule has 1 amide bonds. The van der Waals surface area contributed by atoms with Crippen molar-refractivity contribution >= 4 is 5.91 Å². The molecule has 0 radical (unpaired) electrons. The van der Waals surface area contributed by atoms with E-state index in [0.717, 1.165) is 0 Å². The fourth-order valence-electron chi connectivity index (χ4n) is 1.74. The van der Waals surface area contributed by atoms with E-state index in [1.54, 1.807) is 11.0 Å². The molecule has 0 unspecified atom stereocenters. The Kier molecular flexibility index (Phi) is 6.16. The molecule has 0 N–H and O–H groups in total. The van der Waals surface area contributed by atoms with Crippen LogP contribution in [0.3, 0.4) is 0 Å². The van der Waals surface area contributed by atoms with Crippen LogP contribution in [0.2, 0.25) is 0 Å². The lowest BCUT2D eigenvalue weighted by Crippen LogP contribution is -2.48. The highest BCUT2D eigenvalue weighted by Gasteiger charge is 2.31. The zero-order valence-electron chi connectivity index (χ0n) is 10.1. The highest BCUT2D eigenvalue weighted by molar-refractivity contribution is 5.87. The van der Waals surface area contributed by atoms with Crippen LogP contribution in [0.25, 0.3) is 0 Å². The molecule has 0 aliphatic heterocycles. The molecule has 0 rings (SSSR count). The molecule has 0 heterocycles. The third kappa shape index (κ3) is 3.54. The summed E-state index contributed by atoms with van der Waals surface area (Å²) in [6.45, 7) is 17.2. The van der Waals surface area contributed by atoms with Crippen LogP contribution in [-0.4, -0.2) is 22.9 Å². The summed E-state index contributed by atoms with van der Waals surface area (Å²) < 4.78 is 0. The van der Waals surface area contributed by atoms with Gasteiger partial charge in [-0.25, -0.2) is 0 Å². The molecule has 0 aliphatic rings. The Labute approximate surface area is 98.6 Å². The van der Waals surface area contributed by atoms with Crippen molar-refractivity contribution in [1.29, 1.82) is 0 Å².